The van der Waals surface area contributed by atoms with E-state index < -0.39 is 29.7 Å². The number of nitrogens with zero attached hydrogens (tertiary/aromatic N) is 2. The number of imide groups is 2. The van der Waals surface area contributed by atoms with E-state index in [1.807, 2.05) is 13.8 Å². The van der Waals surface area contributed by atoms with Crippen molar-refractivity contribution in [3.8, 4) is 11.6 Å². The number of hydrogen-bond acceptors (Lipinski definition) is 11. The van der Waals surface area contributed by atoms with E-state index in [1.54, 1.807) is 10.6 Å². The third-order valence-corrected chi connectivity index (χ3v) is 4.91. The zero-order valence-corrected chi connectivity index (χ0v) is 22.2. The number of amides is 4. The van der Waals surface area contributed by atoms with Gasteiger partial charge in [-0.05, 0) is 31.9 Å². The van der Waals surface area contributed by atoms with Crippen molar-refractivity contribution in [1.82, 2.24) is 20.8 Å². The fourth-order valence-electron chi connectivity index (χ4n) is 2.67. The molecule has 0 bridgehead atoms. The lowest BCUT2D eigenvalue weighted by atomic mass is 10.1. The maximum absolute atomic E-state index is 12.4. The lowest BCUT2D eigenvalue weighted by Gasteiger charge is -2.12. The van der Waals surface area contributed by atoms with Crippen LogP contribution in [0.4, 0.5) is 15.3 Å². The molecule has 2 aromatic rings. The quantitative estimate of drug-likeness (QED) is 0.197. The number of halogens is 2. The number of anilines is 1. The van der Waals surface area contributed by atoms with Crippen molar-refractivity contribution >= 4 is 58.6 Å². The molecule has 0 fully saturated rings. The number of H-pyrrole nitrogens is 1. The Hall–Kier alpha value is -4.17. The summed E-state index contributed by atoms with van der Waals surface area (Å²) in [6, 6.07) is 4.04. The summed E-state index contributed by atoms with van der Waals surface area (Å²) < 4.78 is 14.8. The second-order valence-corrected chi connectivity index (χ2v) is 8.25. The first-order valence-corrected chi connectivity index (χ1v) is 11.8. The molecule has 0 saturated carbocycles. The Morgan fingerprint density at radius 3 is 1.97 bits per heavy atom. The van der Waals surface area contributed by atoms with Crippen molar-refractivity contribution in [2.45, 2.75) is 33.6 Å². The molecule has 14 nitrogen and oxygen atoms in total. The normalized spacial score (nSPS) is 10.3. The molecule has 204 valence electrons. The molecule has 0 unspecified atom stereocenters. The van der Waals surface area contributed by atoms with Gasteiger partial charge in [0.1, 0.15) is 0 Å². The number of benzene rings is 1. The van der Waals surface area contributed by atoms with Crippen molar-refractivity contribution in [3.63, 3.8) is 0 Å². The zero-order valence-electron chi connectivity index (χ0n) is 20.6. The summed E-state index contributed by atoms with van der Waals surface area (Å²) in [5.41, 5.74) is 1.64. The van der Waals surface area contributed by atoms with E-state index in [0.717, 1.165) is 0 Å². The molecule has 0 aliphatic heterocycles. The number of aromatic nitrogens is 2. The van der Waals surface area contributed by atoms with Crippen molar-refractivity contribution in [1.29, 1.82) is 0 Å². The van der Waals surface area contributed by atoms with Crippen molar-refractivity contribution < 1.29 is 33.4 Å². The number of nitrogens with one attached hydrogen (secondary N) is 4. The maximum atomic E-state index is 12.4. The van der Waals surface area contributed by atoms with Crippen LogP contribution in [0.15, 0.2) is 28.1 Å². The summed E-state index contributed by atoms with van der Waals surface area (Å²) in [4.78, 5) is 60.0. The van der Waals surface area contributed by atoms with E-state index >= 15 is 0 Å². The molecule has 0 saturated heterocycles. The van der Waals surface area contributed by atoms with E-state index in [4.69, 9.17) is 27.9 Å². The third-order valence-electron chi connectivity index (χ3n) is 4.34. The molecule has 4 N–H and O–H groups in total. The van der Waals surface area contributed by atoms with E-state index in [9.17, 15) is 24.0 Å². The van der Waals surface area contributed by atoms with E-state index in [1.165, 1.54) is 32.0 Å². The van der Waals surface area contributed by atoms with Crippen LogP contribution in [0.5, 0.6) is 11.6 Å². The van der Waals surface area contributed by atoms with Crippen LogP contribution < -0.4 is 26.4 Å². The molecule has 0 aliphatic rings. The van der Waals surface area contributed by atoms with Crippen LogP contribution in [0.25, 0.3) is 0 Å². The molecule has 0 aliphatic carbocycles. The summed E-state index contributed by atoms with van der Waals surface area (Å²) in [7, 11) is 0. The molecule has 16 heteroatoms. The SMILES string of the molecule is CCOC(=O)NC(=O)C(=NNc1cc(Cl)c(Oc2cc(C(C)C)c(=O)[nH]n2)c(Cl)c1)C(=O)NC(=O)OCC. The molecule has 0 atom stereocenters. The average Bonchev–Trinajstić information content (AvgIpc) is 2.82. The van der Waals surface area contributed by atoms with Gasteiger partial charge in [0.2, 0.25) is 11.6 Å². The van der Waals surface area contributed by atoms with Gasteiger partial charge < -0.3 is 14.2 Å². The van der Waals surface area contributed by atoms with Crippen molar-refractivity contribution in [2.24, 2.45) is 5.10 Å². The minimum Gasteiger partial charge on any atom is -0.450 e. The van der Waals surface area contributed by atoms with Gasteiger partial charge in [0.05, 0.1) is 28.9 Å². The Morgan fingerprint density at radius 2 is 1.50 bits per heavy atom. The van der Waals surface area contributed by atoms with Gasteiger partial charge >= 0.3 is 12.2 Å². The standard InChI is InChI=1S/C22H24Cl2N6O8/c1-5-36-21(34)25-19(32)16(20(33)26-22(35)37-6-2)29-27-11-7-13(23)17(14(24)8-11)38-15-9-12(10(3)4)18(31)30-28-15/h7-10,27H,5-6H2,1-4H3,(H,30,31)(H,25,32,34)(H,26,33,35). The Balaban J connectivity index is 2.31. The largest absolute Gasteiger partial charge is 0.450 e. The van der Waals surface area contributed by atoms with Gasteiger partial charge in [-0.25, -0.2) is 14.7 Å². The second kappa shape index (κ2) is 13.9. The molecule has 1 heterocycles. The van der Waals surface area contributed by atoms with Crippen LogP contribution in [0.3, 0.4) is 0 Å². The average molecular weight is 571 g/mol. The number of aromatic amines is 1. The number of ether oxygens (including phenoxy) is 3. The minimum atomic E-state index is -1.28. The number of rotatable bonds is 9. The first-order valence-electron chi connectivity index (χ1n) is 11.0. The molecule has 1 aromatic heterocycles. The highest BCUT2D eigenvalue weighted by atomic mass is 35.5. The first-order chi connectivity index (χ1) is 18.0. The highest BCUT2D eigenvalue weighted by molar-refractivity contribution is 6.66. The Morgan fingerprint density at radius 1 is 0.974 bits per heavy atom. The Bertz CT molecular complexity index is 1250. The number of alkyl carbamates (subject to hydrolysis) is 2. The van der Waals surface area contributed by atoms with Gasteiger partial charge in [0.25, 0.3) is 17.4 Å². The summed E-state index contributed by atoms with van der Waals surface area (Å²) in [6.45, 7) is 6.57. The Labute approximate surface area is 226 Å². The molecule has 1 aromatic carbocycles. The molecular weight excluding hydrogens is 547 g/mol. The Kier molecular flexibility index (Phi) is 11.0. The smallest absolute Gasteiger partial charge is 0.414 e. The van der Waals surface area contributed by atoms with Crippen LogP contribution >= 0.6 is 23.2 Å². The number of carbonyl (C=O) groups is 4. The predicted octanol–water partition coefficient (Wildman–Crippen LogP) is 3.31. The van der Waals surface area contributed by atoms with E-state index in [2.05, 4.69) is 30.2 Å². The molecular formula is C22H24Cl2N6O8. The van der Waals surface area contributed by atoms with Gasteiger partial charge in [0, 0.05) is 11.6 Å². The predicted molar refractivity (Wildman–Crippen MR) is 137 cm³/mol. The van der Waals surface area contributed by atoms with Gasteiger partial charge in [0.15, 0.2) is 5.75 Å². The van der Waals surface area contributed by atoms with E-state index in [-0.39, 0.29) is 52.1 Å². The van der Waals surface area contributed by atoms with Crippen LogP contribution in [0.2, 0.25) is 10.0 Å². The summed E-state index contributed by atoms with van der Waals surface area (Å²) in [6.07, 6.45) is -2.28. The summed E-state index contributed by atoms with van der Waals surface area (Å²) in [5.74, 6) is -2.63. The molecule has 0 spiro atoms. The molecule has 0 radical (unpaired) electrons. The van der Waals surface area contributed by atoms with Crippen LogP contribution in [-0.4, -0.2) is 53.1 Å². The lowest BCUT2D eigenvalue weighted by Crippen LogP contribution is -2.46. The molecule has 4 amide bonds. The lowest BCUT2D eigenvalue weighted by molar-refractivity contribution is -0.118. The highest BCUT2D eigenvalue weighted by Gasteiger charge is 2.25. The topological polar surface area (TPSA) is 190 Å². The van der Waals surface area contributed by atoms with E-state index in [0.29, 0.717) is 5.56 Å². The maximum Gasteiger partial charge on any atom is 0.414 e. The van der Waals surface area contributed by atoms with Gasteiger partial charge in [-0.15, -0.1) is 5.10 Å². The van der Waals surface area contributed by atoms with Crippen LogP contribution in [0.1, 0.15) is 39.2 Å². The summed E-state index contributed by atoms with van der Waals surface area (Å²) >= 11 is 12.6. The zero-order chi connectivity index (χ0) is 28.4. The van der Waals surface area contributed by atoms with Gasteiger partial charge in [-0.1, -0.05) is 37.0 Å². The van der Waals surface area contributed by atoms with Crippen LogP contribution in [0, 0.1) is 0 Å². The molecule has 2 rings (SSSR count). The van der Waals surface area contributed by atoms with Gasteiger partial charge in [-0.3, -0.25) is 30.4 Å². The number of hydrogen-bond donors (Lipinski definition) is 4. The fourth-order valence-corrected chi connectivity index (χ4v) is 3.24. The number of hydrazone groups is 1. The molecule has 38 heavy (non-hydrogen) atoms. The first kappa shape index (κ1) is 30.1. The highest BCUT2D eigenvalue weighted by Crippen LogP contribution is 2.38. The fraction of sp³-hybridized carbons (Fsp3) is 0.318. The van der Waals surface area contributed by atoms with Gasteiger partial charge in [-0.2, -0.15) is 5.10 Å². The second-order valence-electron chi connectivity index (χ2n) is 7.44. The minimum absolute atomic E-state index is 0.00236. The monoisotopic (exact) mass is 570 g/mol. The van der Waals surface area contributed by atoms with Crippen molar-refractivity contribution in [3.05, 3.63) is 44.2 Å². The summed E-state index contributed by atoms with van der Waals surface area (Å²) in [5, 5.41) is 13.3. The van der Waals surface area contributed by atoms with Crippen LogP contribution in [-0.2, 0) is 19.1 Å². The third kappa shape index (κ3) is 8.45. The van der Waals surface area contributed by atoms with Crippen molar-refractivity contribution in [2.75, 3.05) is 18.6 Å². The number of carbonyl (C=O) groups excluding carboxylic acids is 4.